The zero-order valence-electron chi connectivity index (χ0n) is 23.9. The summed E-state index contributed by atoms with van der Waals surface area (Å²) in [6, 6.07) is 58.5. The van der Waals surface area contributed by atoms with Crippen LogP contribution in [0.1, 0.15) is 0 Å². The molecule has 1 heterocycles. The molecule has 0 aliphatic heterocycles. The van der Waals surface area contributed by atoms with Gasteiger partial charge in [-0.25, -0.2) is 0 Å². The number of nitrogens with zero attached hydrogens (tertiary/aromatic N) is 1. The number of hydrogen-bond acceptors (Lipinski definition) is 2. The van der Waals surface area contributed by atoms with Crippen LogP contribution in [0.2, 0.25) is 0 Å². The molecule has 2 heteroatoms. The normalized spacial score (nSPS) is 11.6. The highest BCUT2D eigenvalue weighted by Gasteiger charge is 2.19. The van der Waals surface area contributed by atoms with Gasteiger partial charge in [0.25, 0.3) is 0 Å². The lowest BCUT2D eigenvalue weighted by molar-refractivity contribution is 0.669. The van der Waals surface area contributed by atoms with Crippen LogP contribution >= 0.6 is 0 Å². The van der Waals surface area contributed by atoms with Gasteiger partial charge in [0.15, 0.2) is 0 Å². The Bertz CT molecular complexity index is 2470. The van der Waals surface area contributed by atoms with Crippen LogP contribution in [0.5, 0.6) is 0 Å². The van der Waals surface area contributed by atoms with E-state index in [0.717, 1.165) is 39.0 Å². The van der Waals surface area contributed by atoms with Crippen molar-refractivity contribution in [3.8, 4) is 11.1 Å². The van der Waals surface area contributed by atoms with Crippen LogP contribution < -0.4 is 4.90 Å². The van der Waals surface area contributed by atoms with Gasteiger partial charge in [-0.2, -0.15) is 0 Å². The minimum absolute atomic E-state index is 0.885. The first-order chi connectivity index (χ1) is 21.8. The van der Waals surface area contributed by atoms with Gasteiger partial charge in [0, 0.05) is 16.8 Å². The van der Waals surface area contributed by atoms with Crippen molar-refractivity contribution >= 4 is 71.3 Å². The molecule has 0 aliphatic rings. The molecule has 8 aromatic carbocycles. The fourth-order valence-corrected chi connectivity index (χ4v) is 6.85. The number of para-hydroxylation sites is 2. The van der Waals surface area contributed by atoms with E-state index in [1.807, 2.05) is 12.1 Å². The number of anilines is 3. The molecule has 206 valence electrons. The molecule has 0 saturated carbocycles. The van der Waals surface area contributed by atoms with E-state index in [4.69, 9.17) is 4.42 Å². The monoisotopic (exact) mass is 561 g/mol. The van der Waals surface area contributed by atoms with Crippen molar-refractivity contribution in [2.45, 2.75) is 0 Å². The molecule has 0 radical (unpaired) electrons. The van der Waals surface area contributed by atoms with E-state index in [1.54, 1.807) is 0 Å². The van der Waals surface area contributed by atoms with Gasteiger partial charge in [-0.1, -0.05) is 115 Å². The molecule has 0 amide bonds. The van der Waals surface area contributed by atoms with E-state index in [0.29, 0.717) is 0 Å². The molecule has 44 heavy (non-hydrogen) atoms. The Morgan fingerprint density at radius 3 is 1.84 bits per heavy atom. The molecule has 0 N–H and O–H groups in total. The highest BCUT2D eigenvalue weighted by molar-refractivity contribution is 6.24. The molecule has 0 bridgehead atoms. The maximum atomic E-state index is 6.27. The van der Waals surface area contributed by atoms with Gasteiger partial charge in [0.2, 0.25) is 0 Å². The van der Waals surface area contributed by atoms with Gasteiger partial charge in [-0.3, -0.25) is 0 Å². The summed E-state index contributed by atoms with van der Waals surface area (Å²) in [6.07, 6.45) is 0. The largest absolute Gasteiger partial charge is 0.456 e. The van der Waals surface area contributed by atoms with Gasteiger partial charge in [-0.05, 0) is 92.0 Å². The van der Waals surface area contributed by atoms with Crippen LogP contribution in [0.25, 0.3) is 65.4 Å². The molecule has 0 atom stereocenters. The average Bonchev–Trinajstić information content (AvgIpc) is 3.48. The van der Waals surface area contributed by atoms with Crippen molar-refractivity contribution in [1.29, 1.82) is 0 Å². The number of hydrogen-bond donors (Lipinski definition) is 0. The van der Waals surface area contributed by atoms with Crippen LogP contribution in [0.4, 0.5) is 17.1 Å². The van der Waals surface area contributed by atoms with Crippen molar-refractivity contribution in [3.05, 3.63) is 164 Å². The van der Waals surface area contributed by atoms with E-state index < -0.39 is 0 Å². The molecule has 0 aliphatic carbocycles. The van der Waals surface area contributed by atoms with Crippen LogP contribution in [0.3, 0.4) is 0 Å². The average molecular weight is 562 g/mol. The molecular formula is C42H27NO. The molecule has 0 unspecified atom stereocenters. The van der Waals surface area contributed by atoms with Gasteiger partial charge >= 0.3 is 0 Å². The van der Waals surface area contributed by atoms with Crippen molar-refractivity contribution in [2.75, 3.05) is 4.90 Å². The van der Waals surface area contributed by atoms with Crippen LogP contribution in [0.15, 0.2) is 168 Å². The Morgan fingerprint density at radius 1 is 0.386 bits per heavy atom. The Hall–Kier alpha value is -5.86. The molecule has 0 saturated heterocycles. The lowest BCUT2D eigenvalue weighted by Crippen LogP contribution is -2.10. The zero-order valence-corrected chi connectivity index (χ0v) is 23.9. The standard InChI is InChI=1S/C42H27NO/c1-2-13-31(14-3-1)43(38-18-10-20-40-42(38)36-17-8-9-19-39(36)44-40)32-24-21-29(22-25-32)37-27-30-12-5-7-16-34(30)41-33-15-6-4-11-28(33)23-26-35(37)41/h1-27H. The van der Waals surface area contributed by atoms with Gasteiger partial charge in [0.1, 0.15) is 11.2 Å². The predicted octanol–water partition coefficient (Wildman–Crippen LogP) is 12.2. The van der Waals surface area contributed by atoms with Crippen LogP contribution in [-0.2, 0) is 0 Å². The summed E-state index contributed by atoms with van der Waals surface area (Å²) < 4.78 is 6.27. The van der Waals surface area contributed by atoms with Gasteiger partial charge in [-0.15, -0.1) is 0 Å². The first kappa shape index (κ1) is 24.7. The minimum Gasteiger partial charge on any atom is -0.456 e. The molecule has 9 aromatic rings. The van der Waals surface area contributed by atoms with Gasteiger partial charge in [0.05, 0.1) is 11.1 Å². The molecule has 0 fully saturated rings. The van der Waals surface area contributed by atoms with E-state index in [2.05, 4.69) is 157 Å². The second-order valence-electron chi connectivity index (χ2n) is 11.3. The fourth-order valence-electron chi connectivity index (χ4n) is 6.85. The summed E-state index contributed by atoms with van der Waals surface area (Å²) in [5.41, 5.74) is 7.50. The third-order valence-electron chi connectivity index (χ3n) is 8.82. The molecule has 9 rings (SSSR count). The number of fused-ring (bicyclic) bond motifs is 8. The molecule has 1 aromatic heterocycles. The van der Waals surface area contributed by atoms with E-state index in [-0.39, 0.29) is 0 Å². The Labute approximate surface area is 255 Å². The number of benzene rings is 8. The van der Waals surface area contributed by atoms with E-state index >= 15 is 0 Å². The minimum atomic E-state index is 0.885. The van der Waals surface area contributed by atoms with Crippen LogP contribution in [-0.4, -0.2) is 0 Å². The highest BCUT2D eigenvalue weighted by atomic mass is 16.3. The third kappa shape index (κ3) is 3.82. The summed E-state index contributed by atoms with van der Waals surface area (Å²) in [7, 11) is 0. The Kier molecular flexibility index (Phi) is 5.54. The number of rotatable bonds is 4. The summed E-state index contributed by atoms with van der Waals surface area (Å²) >= 11 is 0. The fraction of sp³-hybridized carbons (Fsp3) is 0. The Morgan fingerprint density at radius 2 is 1.02 bits per heavy atom. The summed E-state index contributed by atoms with van der Waals surface area (Å²) in [6.45, 7) is 0. The molecule has 2 nitrogen and oxygen atoms in total. The SMILES string of the molecule is c1ccc(N(c2ccc(-c3cc4ccccc4c4c3ccc3ccccc34)cc2)c2cccc3oc4ccccc4c23)cc1. The Balaban J connectivity index is 1.25. The predicted molar refractivity (Wildman–Crippen MR) is 186 cm³/mol. The first-order valence-corrected chi connectivity index (χ1v) is 15.0. The lowest BCUT2D eigenvalue weighted by atomic mass is 9.90. The van der Waals surface area contributed by atoms with Crippen molar-refractivity contribution in [3.63, 3.8) is 0 Å². The quantitative estimate of drug-likeness (QED) is 0.199. The summed E-state index contributed by atoms with van der Waals surface area (Å²) in [5.74, 6) is 0. The summed E-state index contributed by atoms with van der Waals surface area (Å²) in [5, 5.41) is 9.89. The number of furan rings is 1. The van der Waals surface area contributed by atoms with E-state index in [1.165, 1.54) is 43.4 Å². The van der Waals surface area contributed by atoms with Crippen molar-refractivity contribution in [2.24, 2.45) is 0 Å². The maximum absolute atomic E-state index is 6.27. The second-order valence-corrected chi connectivity index (χ2v) is 11.3. The molecular weight excluding hydrogens is 534 g/mol. The molecule has 0 spiro atoms. The first-order valence-electron chi connectivity index (χ1n) is 15.0. The van der Waals surface area contributed by atoms with Gasteiger partial charge < -0.3 is 9.32 Å². The highest BCUT2D eigenvalue weighted by Crippen LogP contribution is 2.44. The van der Waals surface area contributed by atoms with Crippen LogP contribution in [0, 0.1) is 0 Å². The lowest BCUT2D eigenvalue weighted by Gasteiger charge is -2.26. The van der Waals surface area contributed by atoms with Crippen molar-refractivity contribution < 1.29 is 4.42 Å². The smallest absolute Gasteiger partial charge is 0.137 e. The second kappa shape index (κ2) is 9.86. The summed E-state index contributed by atoms with van der Waals surface area (Å²) in [4.78, 5) is 2.33. The van der Waals surface area contributed by atoms with E-state index in [9.17, 15) is 0 Å². The zero-order chi connectivity index (χ0) is 29.0. The maximum Gasteiger partial charge on any atom is 0.137 e. The third-order valence-corrected chi connectivity index (χ3v) is 8.82. The van der Waals surface area contributed by atoms with Crippen molar-refractivity contribution in [1.82, 2.24) is 0 Å². The topological polar surface area (TPSA) is 16.4 Å².